The molecule has 1 aliphatic heterocycles. The summed E-state index contributed by atoms with van der Waals surface area (Å²) in [4.78, 5) is 2.25. The van der Waals surface area contributed by atoms with Crippen LogP contribution in [0.3, 0.4) is 0 Å². The van der Waals surface area contributed by atoms with Crippen LogP contribution < -0.4 is 0 Å². The van der Waals surface area contributed by atoms with E-state index in [0.717, 1.165) is 0 Å². The smallest absolute Gasteiger partial charge is 0.256 e. The minimum Gasteiger partial charge on any atom is -0.256 e. The van der Waals surface area contributed by atoms with Crippen LogP contribution in [0.25, 0.3) is 0 Å². The monoisotopic (exact) mass is 225 g/mol. The molecule has 1 aliphatic rings. The lowest BCUT2D eigenvalue weighted by Crippen LogP contribution is -2.18. The molecule has 1 heterocycles. The molecule has 0 atom stereocenters. The van der Waals surface area contributed by atoms with Crippen LogP contribution in [0.5, 0.6) is 0 Å². The molecule has 0 bridgehead atoms. The molecule has 0 aromatic rings. The molecule has 1 rings (SSSR count). The Morgan fingerprint density at radius 2 is 2.38 bits per heavy atom. The van der Waals surface area contributed by atoms with E-state index >= 15 is 0 Å². The lowest BCUT2D eigenvalue weighted by molar-refractivity contribution is -0.483. The molecular formula is C5H10IN2+. The SMILES string of the molecule is CN1CC[N+](C)=C1I. The third kappa shape index (κ3) is 0.962. The zero-order chi connectivity index (χ0) is 6.15. The fourth-order valence-corrected chi connectivity index (χ4v) is 1.26. The lowest BCUT2D eigenvalue weighted by atomic mass is 10.6. The van der Waals surface area contributed by atoms with Crippen molar-refractivity contribution in [2.75, 3.05) is 27.2 Å². The highest BCUT2D eigenvalue weighted by Gasteiger charge is 2.20. The summed E-state index contributed by atoms with van der Waals surface area (Å²) >= 11 is 2.35. The van der Waals surface area contributed by atoms with Gasteiger partial charge in [-0.25, -0.2) is 0 Å². The van der Waals surface area contributed by atoms with Gasteiger partial charge in [0.05, 0.1) is 36.7 Å². The van der Waals surface area contributed by atoms with E-state index in [9.17, 15) is 0 Å². The third-order valence-electron chi connectivity index (χ3n) is 1.40. The molecule has 0 saturated heterocycles. The maximum atomic E-state index is 2.35. The Kier molecular flexibility index (Phi) is 1.74. The first-order valence-electron chi connectivity index (χ1n) is 2.66. The first-order valence-corrected chi connectivity index (χ1v) is 3.74. The minimum absolute atomic E-state index is 1.18. The molecule has 0 aromatic carbocycles. The van der Waals surface area contributed by atoms with Crippen LogP contribution in [0, 0.1) is 0 Å². The zero-order valence-corrected chi connectivity index (χ0v) is 7.34. The van der Waals surface area contributed by atoms with Gasteiger partial charge in [-0.15, -0.1) is 0 Å². The number of halogens is 1. The van der Waals surface area contributed by atoms with Crippen molar-refractivity contribution in [2.45, 2.75) is 0 Å². The maximum absolute atomic E-state index is 2.35. The molecule has 0 fully saturated rings. The Morgan fingerprint density at radius 1 is 1.75 bits per heavy atom. The van der Waals surface area contributed by atoms with Crippen LogP contribution >= 0.6 is 22.6 Å². The molecule has 8 heavy (non-hydrogen) atoms. The predicted octanol–water partition coefficient (Wildman–Crippen LogP) is 0.365. The van der Waals surface area contributed by atoms with Crippen molar-refractivity contribution in [1.29, 1.82) is 0 Å². The fraction of sp³-hybridized carbons (Fsp3) is 0.800. The molecule has 0 radical (unpaired) electrons. The highest BCUT2D eigenvalue weighted by atomic mass is 127. The molecule has 3 heteroatoms. The number of hydrogen-bond acceptors (Lipinski definition) is 1. The average Bonchev–Trinajstić information content (AvgIpc) is 1.98. The number of nitrogens with zero attached hydrogens (tertiary/aromatic N) is 2. The van der Waals surface area contributed by atoms with E-state index in [-0.39, 0.29) is 0 Å². The van der Waals surface area contributed by atoms with Crippen LogP contribution in [-0.4, -0.2) is 40.5 Å². The van der Waals surface area contributed by atoms with Crippen molar-refractivity contribution in [3.8, 4) is 0 Å². The molecule has 0 aromatic heterocycles. The average molecular weight is 225 g/mol. The predicted molar refractivity (Wildman–Crippen MR) is 42.7 cm³/mol. The van der Waals surface area contributed by atoms with E-state index in [1.54, 1.807) is 0 Å². The Bertz CT molecular complexity index is 130. The summed E-state index contributed by atoms with van der Waals surface area (Å²) < 4.78 is 3.60. The molecule has 0 amide bonds. The van der Waals surface area contributed by atoms with Gasteiger partial charge >= 0.3 is 3.84 Å². The number of likely N-dealkylation sites (N-methyl/N-ethyl adjacent to an activating group) is 2. The summed E-state index contributed by atoms with van der Waals surface area (Å²) in [6.07, 6.45) is 0. The molecule has 0 N–H and O–H groups in total. The van der Waals surface area contributed by atoms with Crippen molar-refractivity contribution >= 4 is 26.4 Å². The van der Waals surface area contributed by atoms with E-state index in [1.165, 1.54) is 16.9 Å². The van der Waals surface area contributed by atoms with E-state index in [4.69, 9.17) is 0 Å². The molecule has 0 unspecified atom stereocenters. The maximum Gasteiger partial charge on any atom is 0.307 e. The van der Waals surface area contributed by atoms with Crippen LogP contribution in [0.15, 0.2) is 0 Å². The van der Waals surface area contributed by atoms with Gasteiger partial charge in [0, 0.05) is 0 Å². The van der Waals surface area contributed by atoms with Gasteiger partial charge in [0.25, 0.3) is 0 Å². The van der Waals surface area contributed by atoms with E-state index in [0.29, 0.717) is 0 Å². The molecule has 0 aliphatic carbocycles. The van der Waals surface area contributed by atoms with Crippen molar-refractivity contribution in [3.05, 3.63) is 0 Å². The van der Waals surface area contributed by atoms with Gasteiger partial charge in [-0.05, 0) is 0 Å². The van der Waals surface area contributed by atoms with Crippen molar-refractivity contribution < 1.29 is 4.58 Å². The Balaban J connectivity index is 2.71. The van der Waals surface area contributed by atoms with Gasteiger partial charge in [-0.1, -0.05) is 0 Å². The van der Waals surface area contributed by atoms with E-state index in [2.05, 4.69) is 46.2 Å². The number of hydrogen-bond donors (Lipinski definition) is 0. The Morgan fingerprint density at radius 3 is 2.50 bits per heavy atom. The largest absolute Gasteiger partial charge is 0.307 e. The van der Waals surface area contributed by atoms with Crippen molar-refractivity contribution in [1.82, 2.24) is 4.90 Å². The zero-order valence-electron chi connectivity index (χ0n) is 5.19. The normalized spacial score (nSPS) is 20.6. The second kappa shape index (κ2) is 2.21. The van der Waals surface area contributed by atoms with Gasteiger partial charge in [0.1, 0.15) is 13.1 Å². The van der Waals surface area contributed by atoms with Crippen LogP contribution in [-0.2, 0) is 0 Å². The van der Waals surface area contributed by atoms with Gasteiger partial charge in [-0.2, -0.15) is 0 Å². The molecule has 0 spiro atoms. The van der Waals surface area contributed by atoms with Crippen molar-refractivity contribution in [2.24, 2.45) is 0 Å². The topological polar surface area (TPSA) is 6.25 Å². The molecule has 0 saturated carbocycles. The second-order valence-electron chi connectivity index (χ2n) is 2.11. The van der Waals surface area contributed by atoms with Crippen molar-refractivity contribution in [3.63, 3.8) is 0 Å². The first kappa shape index (κ1) is 6.32. The highest BCUT2D eigenvalue weighted by Crippen LogP contribution is 2.01. The van der Waals surface area contributed by atoms with Gasteiger partial charge < -0.3 is 0 Å². The standard InChI is InChI=1S/C5H10IN2/c1-7-3-4-8(2)5(7)6/h3-4H2,1-2H3/q+1. The Labute approximate surface area is 63.3 Å². The van der Waals surface area contributed by atoms with E-state index < -0.39 is 0 Å². The summed E-state index contributed by atoms with van der Waals surface area (Å²) in [7, 11) is 4.23. The van der Waals surface area contributed by atoms with Crippen LogP contribution in [0.2, 0.25) is 0 Å². The fourth-order valence-electron chi connectivity index (χ4n) is 0.776. The van der Waals surface area contributed by atoms with Crippen LogP contribution in [0.1, 0.15) is 0 Å². The quantitative estimate of drug-likeness (QED) is 0.328. The first-order chi connectivity index (χ1) is 3.72. The summed E-state index contributed by atoms with van der Waals surface area (Å²) in [6, 6.07) is 0. The Hall–Kier alpha value is 0.200. The lowest BCUT2D eigenvalue weighted by Gasteiger charge is -1.96. The van der Waals surface area contributed by atoms with Gasteiger partial charge in [0.2, 0.25) is 0 Å². The summed E-state index contributed by atoms with van der Waals surface area (Å²) in [6.45, 7) is 2.35. The second-order valence-corrected chi connectivity index (χ2v) is 3.08. The molecule has 2 nitrogen and oxygen atoms in total. The summed E-state index contributed by atoms with van der Waals surface area (Å²) in [5.41, 5.74) is 0. The summed E-state index contributed by atoms with van der Waals surface area (Å²) in [5, 5.41) is 0. The van der Waals surface area contributed by atoms with Gasteiger partial charge in [0.15, 0.2) is 0 Å². The molecule has 46 valence electrons. The molecular weight excluding hydrogens is 215 g/mol. The van der Waals surface area contributed by atoms with E-state index in [1.807, 2.05) is 0 Å². The number of rotatable bonds is 0. The van der Waals surface area contributed by atoms with Gasteiger partial charge in [-0.3, -0.25) is 9.48 Å². The van der Waals surface area contributed by atoms with Crippen LogP contribution in [0.4, 0.5) is 0 Å². The third-order valence-corrected chi connectivity index (χ3v) is 3.05. The number of amidine groups is 1. The summed E-state index contributed by atoms with van der Waals surface area (Å²) in [5.74, 6) is 0. The minimum atomic E-state index is 1.18. The highest BCUT2D eigenvalue weighted by molar-refractivity contribution is 14.1.